The fourth-order valence-electron chi connectivity index (χ4n) is 4.17. The van der Waals surface area contributed by atoms with Crippen molar-refractivity contribution in [2.75, 3.05) is 6.54 Å². The van der Waals surface area contributed by atoms with E-state index in [0.717, 1.165) is 36.9 Å². The fourth-order valence-corrected chi connectivity index (χ4v) is 4.17. The normalized spacial score (nSPS) is 12.1. The Morgan fingerprint density at radius 1 is 1.03 bits per heavy atom. The van der Waals surface area contributed by atoms with Crippen molar-refractivity contribution in [1.29, 1.82) is 0 Å². The molecule has 2 aromatic carbocycles. The summed E-state index contributed by atoms with van der Waals surface area (Å²) >= 11 is 0. The number of carbonyl (C=O) groups is 1. The van der Waals surface area contributed by atoms with E-state index in [9.17, 15) is 9.59 Å². The van der Waals surface area contributed by atoms with Gasteiger partial charge in [-0.3, -0.25) is 14.2 Å². The van der Waals surface area contributed by atoms with Crippen LogP contribution in [0.2, 0.25) is 0 Å². The minimum atomic E-state index is -0.318. The first-order valence-corrected chi connectivity index (χ1v) is 11.4. The van der Waals surface area contributed by atoms with E-state index >= 15 is 0 Å². The van der Waals surface area contributed by atoms with E-state index < -0.39 is 0 Å². The van der Waals surface area contributed by atoms with Crippen molar-refractivity contribution in [1.82, 2.24) is 14.5 Å². The van der Waals surface area contributed by atoms with Gasteiger partial charge in [-0.25, -0.2) is 4.98 Å². The van der Waals surface area contributed by atoms with Gasteiger partial charge in [-0.1, -0.05) is 57.0 Å². The molecule has 1 unspecified atom stereocenters. The number of hydrogen-bond donors (Lipinski definition) is 0. The molecule has 0 saturated carbocycles. The summed E-state index contributed by atoms with van der Waals surface area (Å²) in [6, 6.07) is 15.0. The maximum Gasteiger partial charge on any atom is 0.266 e. The number of benzene rings is 2. The van der Waals surface area contributed by atoms with Gasteiger partial charge in [0.15, 0.2) is 0 Å². The molecule has 0 aliphatic heterocycles. The van der Waals surface area contributed by atoms with E-state index in [1.807, 2.05) is 67.3 Å². The maximum atomic E-state index is 13.6. The summed E-state index contributed by atoms with van der Waals surface area (Å²) in [5, 5.41) is 0.585. The molecule has 0 aliphatic rings. The largest absolute Gasteiger partial charge is 0.333 e. The third kappa shape index (κ3) is 4.71. The highest BCUT2D eigenvalue weighted by molar-refractivity contribution is 5.79. The molecule has 31 heavy (non-hydrogen) atoms. The van der Waals surface area contributed by atoms with Gasteiger partial charge < -0.3 is 4.90 Å². The third-order valence-corrected chi connectivity index (χ3v) is 5.91. The van der Waals surface area contributed by atoms with Gasteiger partial charge in [-0.15, -0.1) is 0 Å². The number of aryl methyl sites for hydroxylation is 1. The molecular formula is C26H33N3O2. The molecule has 0 N–H and O–H groups in total. The topological polar surface area (TPSA) is 55.2 Å². The Hall–Kier alpha value is -2.95. The molecule has 1 atom stereocenters. The molecule has 0 aliphatic carbocycles. The summed E-state index contributed by atoms with van der Waals surface area (Å²) < 4.78 is 1.72. The van der Waals surface area contributed by atoms with Crippen LogP contribution < -0.4 is 5.56 Å². The van der Waals surface area contributed by atoms with Gasteiger partial charge in [0.2, 0.25) is 5.91 Å². The molecule has 1 heterocycles. The van der Waals surface area contributed by atoms with Crippen LogP contribution in [0.15, 0.2) is 53.3 Å². The second-order valence-electron chi connectivity index (χ2n) is 7.92. The molecule has 1 amide bonds. The highest BCUT2D eigenvalue weighted by atomic mass is 16.2. The molecule has 5 nitrogen and oxygen atoms in total. The molecule has 0 radical (unpaired) electrons. The zero-order valence-electron chi connectivity index (χ0n) is 19.1. The first-order chi connectivity index (χ1) is 15.0. The van der Waals surface area contributed by atoms with Crippen molar-refractivity contribution in [2.24, 2.45) is 0 Å². The van der Waals surface area contributed by atoms with E-state index in [0.29, 0.717) is 29.7 Å². The molecule has 0 fully saturated rings. The lowest BCUT2D eigenvalue weighted by molar-refractivity contribution is -0.133. The lowest BCUT2D eigenvalue weighted by atomic mass is 10.1. The van der Waals surface area contributed by atoms with Crippen molar-refractivity contribution in [3.63, 3.8) is 0 Å². The Labute approximate surface area is 184 Å². The van der Waals surface area contributed by atoms with E-state index in [4.69, 9.17) is 4.98 Å². The number of rotatable bonds is 9. The van der Waals surface area contributed by atoms with Gasteiger partial charge in [0, 0.05) is 13.0 Å². The second kappa shape index (κ2) is 10.4. The monoisotopic (exact) mass is 419 g/mol. The van der Waals surface area contributed by atoms with Crippen LogP contribution in [0.3, 0.4) is 0 Å². The van der Waals surface area contributed by atoms with Crippen molar-refractivity contribution >= 4 is 16.8 Å². The number of para-hydroxylation sites is 2. The third-order valence-electron chi connectivity index (χ3n) is 5.91. The number of carbonyl (C=O) groups excluding carboxylic acids is 1. The van der Waals surface area contributed by atoms with E-state index in [-0.39, 0.29) is 17.5 Å². The van der Waals surface area contributed by atoms with Gasteiger partial charge >= 0.3 is 0 Å². The van der Waals surface area contributed by atoms with Crippen LogP contribution in [-0.4, -0.2) is 26.9 Å². The van der Waals surface area contributed by atoms with E-state index in [1.165, 1.54) is 0 Å². The van der Waals surface area contributed by atoms with Gasteiger partial charge in [0.25, 0.3) is 5.56 Å². The number of fused-ring (bicyclic) bond motifs is 1. The van der Waals surface area contributed by atoms with Crippen LogP contribution in [0.5, 0.6) is 0 Å². The average Bonchev–Trinajstić information content (AvgIpc) is 2.79. The van der Waals surface area contributed by atoms with Crippen molar-refractivity contribution < 1.29 is 4.79 Å². The Bertz CT molecular complexity index is 1100. The zero-order valence-corrected chi connectivity index (χ0v) is 19.1. The summed E-state index contributed by atoms with van der Waals surface area (Å²) in [6.45, 7) is 8.75. The molecule has 0 saturated heterocycles. The van der Waals surface area contributed by atoms with E-state index in [1.54, 1.807) is 4.57 Å². The van der Waals surface area contributed by atoms with Gasteiger partial charge in [0.1, 0.15) is 5.82 Å². The summed E-state index contributed by atoms with van der Waals surface area (Å²) in [5.41, 5.74) is 2.48. The van der Waals surface area contributed by atoms with Gasteiger partial charge in [0.05, 0.1) is 22.6 Å². The summed E-state index contributed by atoms with van der Waals surface area (Å²) in [4.78, 5) is 33.4. The Kier molecular flexibility index (Phi) is 7.61. The van der Waals surface area contributed by atoms with Gasteiger partial charge in [-0.05, 0) is 50.5 Å². The molecule has 1 aromatic heterocycles. The van der Waals surface area contributed by atoms with Crippen LogP contribution in [0.1, 0.15) is 70.8 Å². The number of amides is 1. The summed E-state index contributed by atoms with van der Waals surface area (Å²) in [5.74, 6) is 0.719. The maximum absolute atomic E-state index is 13.6. The standard InChI is InChI=1S/C26H33N3O2/c1-5-8-9-18-24(30)28(7-3)19(4)25-27-22-16-12-11-15-21(22)26(31)29(25)23-17-13-10-14-20(23)6-2/h10-17,19H,5-9,18H2,1-4H3. The summed E-state index contributed by atoms with van der Waals surface area (Å²) in [6.07, 6.45) is 4.33. The van der Waals surface area contributed by atoms with Crippen LogP contribution in [0.25, 0.3) is 16.6 Å². The predicted octanol–water partition coefficient (Wildman–Crippen LogP) is 5.44. The predicted molar refractivity (Wildman–Crippen MR) is 127 cm³/mol. The highest BCUT2D eigenvalue weighted by Crippen LogP contribution is 2.25. The van der Waals surface area contributed by atoms with Crippen LogP contribution in [0, 0.1) is 0 Å². The molecular weight excluding hydrogens is 386 g/mol. The lowest BCUT2D eigenvalue weighted by Crippen LogP contribution is -2.37. The van der Waals surface area contributed by atoms with E-state index in [2.05, 4.69) is 13.8 Å². The van der Waals surface area contributed by atoms with Crippen molar-refractivity contribution in [3.05, 3.63) is 70.3 Å². The lowest BCUT2D eigenvalue weighted by Gasteiger charge is -2.30. The minimum Gasteiger partial charge on any atom is -0.333 e. The fraction of sp³-hybridized carbons (Fsp3) is 0.423. The van der Waals surface area contributed by atoms with Crippen LogP contribution in [0.4, 0.5) is 0 Å². The number of hydrogen-bond acceptors (Lipinski definition) is 3. The number of aromatic nitrogens is 2. The smallest absolute Gasteiger partial charge is 0.266 e. The molecule has 0 spiro atoms. The zero-order chi connectivity index (χ0) is 22.4. The van der Waals surface area contributed by atoms with Crippen LogP contribution in [-0.2, 0) is 11.2 Å². The van der Waals surface area contributed by atoms with Gasteiger partial charge in [-0.2, -0.15) is 0 Å². The molecule has 3 rings (SSSR count). The Balaban J connectivity index is 2.18. The summed E-state index contributed by atoms with van der Waals surface area (Å²) in [7, 11) is 0. The minimum absolute atomic E-state index is 0.0946. The SMILES string of the molecule is CCCCCC(=O)N(CC)C(C)c1nc2ccccc2c(=O)n1-c1ccccc1CC. The quantitative estimate of drug-likeness (QED) is 0.434. The number of nitrogens with zero attached hydrogens (tertiary/aromatic N) is 3. The number of unbranched alkanes of at least 4 members (excludes halogenated alkanes) is 2. The average molecular weight is 420 g/mol. The molecule has 5 heteroatoms. The second-order valence-corrected chi connectivity index (χ2v) is 7.92. The molecule has 164 valence electrons. The Morgan fingerprint density at radius 2 is 1.74 bits per heavy atom. The van der Waals surface area contributed by atoms with Crippen molar-refractivity contribution in [2.45, 2.75) is 65.8 Å². The van der Waals surface area contributed by atoms with Crippen molar-refractivity contribution in [3.8, 4) is 5.69 Å². The highest BCUT2D eigenvalue weighted by Gasteiger charge is 2.26. The molecule has 0 bridgehead atoms. The van der Waals surface area contributed by atoms with Crippen LogP contribution >= 0.6 is 0 Å². The Morgan fingerprint density at radius 3 is 2.45 bits per heavy atom. The first-order valence-electron chi connectivity index (χ1n) is 11.4. The first kappa shape index (κ1) is 22.7. The molecule has 3 aromatic rings.